The van der Waals surface area contributed by atoms with Crippen LogP contribution in [0.2, 0.25) is 0 Å². The molecule has 0 unspecified atom stereocenters. The van der Waals surface area contributed by atoms with E-state index in [1.807, 2.05) is 12.1 Å². The molecule has 4 heteroatoms. The van der Waals surface area contributed by atoms with Gasteiger partial charge in [0.2, 0.25) is 11.7 Å². The van der Waals surface area contributed by atoms with Gasteiger partial charge in [-0.2, -0.15) is 4.98 Å². The van der Waals surface area contributed by atoms with Crippen molar-refractivity contribution in [2.24, 2.45) is 0 Å². The van der Waals surface area contributed by atoms with E-state index in [2.05, 4.69) is 29.2 Å². The van der Waals surface area contributed by atoms with E-state index in [0.717, 1.165) is 18.4 Å². The quantitative estimate of drug-likeness (QED) is 0.764. The second kappa shape index (κ2) is 5.12. The molecule has 2 aromatic rings. The Morgan fingerprint density at radius 3 is 2.56 bits per heavy atom. The Morgan fingerprint density at radius 2 is 2.00 bits per heavy atom. The van der Waals surface area contributed by atoms with E-state index in [9.17, 15) is 0 Å². The number of nitrogens with zero attached hydrogens (tertiary/aromatic N) is 2. The van der Waals surface area contributed by atoms with Gasteiger partial charge < -0.3 is 4.52 Å². The fraction of sp³-hybridized carbons (Fsp3) is 0.333. The van der Waals surface area contributed by atoms with Gasteiger partial charge in [0, 0.05) is 5.56 Å². The number of hydrogen-bond donors (Lipinski definition) is 0. The molecule has 16 heavy (non-hydrogen) atoms. The minimum Gasteiger partial charge on any atom is -0.338 e. The molecule has 0 fully saturated rings. The SMILES string of the molecule is CCCc1ccc(-c2noc(CCl)n2)cc1. The summed E-state index contributed by atoms with van der Waals surface area (Å²) in [5.41, 5.74) is 2.28. The lowest BCUT2D eigenvalue weighted by Gasteiger charge is -1.98. The van der Waals surface area contributed by atoms with Crippen LogP contribution in [0.4, 0.5) is 0 Å². The topological polar surface area (TPSA) is 38.9 Å². The highest BCUT2D eigenvalue weighted by Gasteiger charge is 2.06. The van der Waals surface area contributed by atoms with Gasteiger partial charge in [0.25, 0.3) is 0 Å². The lowest BCUT2D eigenvalue weighted by atomic mass is 10.1. The van der Waals surface area contributed by atoms with E-state index in [1.165, 1.54) is 5.56 Å². The first kappa shape index (κ1) is 11.1. The number of alkyl halides is 1. The van der Waals surface area contributed by atoms with Gasteiger partial charge in [-0.1, -0.05) is 42.8 Å². The highest BCUT2D eigenvalue weighted by Crippen LogP contribution is 2.17. The number of halogens is 1. The number of aromatic nitrogens is 2. The predicted molar refractivity (Wildman–Crippen MR) is 63.3 cm³/mol. The summed E-state index contributed by atoms with van der Waals surface area (Å²) in [6.07, 6.45) is 2.25. The molecule has 0 aliphatic carbocycles. The Labute approximate surface area is 99.4 Å². The minimum absolute atomic E-state index is 0.251. The number of benzene rings is 1. The van der Waals surface area contributed by atoms with Gasteiger partial charge in [-0.15, -0.1) is 11.6 Å². The molecule has 0 saturated heterocycles. The van der Waals surface area contributed by atoms with Crippen molar-refractivity contribution in [3.8, 4) is 11.4 Å². The Hall–Kier alpha value is -1.35. The van der Waals surface area contributed by atoms with Crippen molar-refractivity contribution >= 4 is 11.6 Å². The molecular formula is C12H13ClN2O. The highest BCUT2D eigenvalue weighted by atomic mass is 35.5. The molecule has 0 radical (unpaired) electrons. The molecule has 2 rings (SSSR count). The summed E-state index contributed by atoms with van der Waals surface area (Å²) in [5.74, 6) is 1.30. The summed E-state index contributed by atoms with van der Waals surface area (Å²) < 4.78 is 4.95. The van der Waals surface area contributed by atoms with Crippen LogP contribution >= 0.6 is 11.6 Å². The second-order valence-corrected chi connectivity index (χ2v) is 3.86. The van der Waals surface area contributed by atoms with Crippen LogP contribution in [0.15, 0.2) is 28.8 Å². The maximum absolute atomic E-state index is 5.60. The van der Waals surface area contributed by atoms with E-state index in [1.54, 1.807) is 0 Å². The van der Waals surface area contributed by atoms with Crippen LogP contribution in [-0.2, 0) is 12.3 Å². The summed E-state index contributed by atoms with van der Waals surface area (Å²) in [6, 6.07) is 8.20. The van der Waals surface area contributed by atoms with Gasteiger partial charge in [0.1, 0.15) is 5.88 Å². The molecule has 1 aromatic heterocycles. The Balaban J connectivity index is 2.20. The Kier molecular flexibility index (Phi) is 3.57. The standard InChI is InChI=1S/C12H13ClN2O/c1-2-3-9-4-6-10(7-5-9)12-14-11(8-13)16-15-12/h4-7H,2-3,8H2,1H3. The molecule has 0 amide bonds. The van der Waals surface area contributed by atoms with E-state index in [4.69, 9.17) is 16.1 Å². The molecule has 0 aliphatic rings. The van der Waals surface area contributed by atoms with Crippen molar-refractivity contribution in [3.05, 3.63) is 35.7 Å². The van der Waals surface area contributed by atoms with E-state index >= 15 is 0 Å². The summed E-state index contributed by atoms with van der Waals surface area (Å²) >= 11 is 5.60. The van der Waals surface area contributed by atoms with Crippen molar-refractivity contribution < 1.29 is 4.52 Å². The zero-order valence-electron chi connectivity index (χ0n) is 9.11. The summed E-state index contributed by atoms with van der Waals surface area (Å²) in [5, 5.41) is 3.86. The minimum atomic E-state index is 0.251. The maximum Gasteiger partial charge on any atom is 0.241 e. The highest BCUT2D eigenvalue weighted by molar-refractivity contribution is 6.16. The van der Waals surface area contributed by atoms with Gasteiger partial charge in [0.05, 0.1) is 0 Å². The predicted octanol–water partition coefficient (Wildman–Crippen LogP) is 3.43. The molecule has 1 heterocycles. The fourth-order valence-electron chi connectivity index (χ4n) is 1.54. The second-order valence-electron chi connectivity index (χ2n) is 3.59. The van der Waals surface area contributed by atoms with E-state index < -0.39 is 0 Å². The van der Waals surface area contributed by atoms with Gasteiger partial charge in [-0.25, -0.2) is 0 Å². The average molecular weight is 237 g/mol. The molecule has 0 N–H and O–H groups in total. The maximum atomic E-state index is 5.60. The first-order chi connectivity index (χ1) is 7.83. The van der Waals surface area contributed by atoms with Crippen LogP contribution in [0.5, 0.6) is 0 Å². The van der Waals surface area contributed by atoms with Gasteiger partial charge in [-0.05, 0) is 12.0 Å². The normalized spacial score (nSPS) is 10.6. The van der Waals surface area contributed by atoms with Crippen LogP contribution in [-0.4, -0.2) is 10.1 Å². The molecule has 84 valence electrons. The summed E-state index contributed by atoms with van der Waals surface area (Å²) in [7, 11) is 0. The zero-order chi connectivity index (χ0) is 11.4. The molecule has 0 saturated carbocycles. The number of hydrogen-bond acceptors (Lipinski definition) is 3. The summed E-state index contributed by atoms with van der Waals surface area (Å²) in [6.45, 7) is 2.17. The van der Waals surface area contributed by atoms with Crippen molar-refractivity contribution in [3.63, 3.8) is 0 Å². The molecular weight excluding hydrogens is 224 g/mol. The van der Waals surface area contributed by atoms with Crippen molar-refractivity contribution in [2.75, 3.05) is 0 Å². The molecule has 0 atom stereocenters. The third kappa shape index (κ3) is 2.42. The molecule has 3 nitrogen and oxygen atoms in total. The molecule has 0 bridgehead atoms. The lowest BCUT2D eigenvalue weighted by Crippen LogP contribution is -1.85. The van der Waals surface area contributed by atoms with Gasteiger partial charge in [0.15, 0.2) is 0 Å². The third-order valence-corrected chi connectivity index (χ3v) is 2.56. The largest absolute Gasteiger partial charge is 0.338 e. The summed E-state index contributed by atoms with van der Waals surface area (Å²) in [4.78, 5) is 4.16. The van der Waals surface area contributed by atoms with Crippen molar-refractivity contribution in [2.45, 2.75) is 25.6 Å². The van der Waals surface area contributed by atoms with Gasteiger partial charge in [-0.3, -0.25) is 0 Å². The van der Waals surface area contributed by atoms with E-state index in [-0.39, 0.29) is 5.88 Å². The van der Waals surface area contributed by atoms with Crippen LogP contribution in [0.25, 0.3) is 11.4 Å². The Bertz CT molecular complexity index is 450. The van der Waals surface area contributed by atoms with Crippen LogP contribution < -0.4 is 0 Å². The van der Waals surface area contributed by atoms with Crippen molar-refractivity contribution in [1.82, 2.24) is 10.1 Å². The smallest absolute Gasteiger partial charge is 0.241 e. The van der Waals surface area contributed by atoms with Crippen LogP contribution in [0.1, 0.15) is 24.8 Å². The number of aryl methyl sites for hydroxylation is 1. The van der Waals surface area contributed by atoms with Crippen LogP contribution in [0.3, 0.4) is 0 Å². The van der Waals surface area contributed by atoms with Crippen molar-refractivity contribution in [1.29, 1.82) is 0 Å². The first-order valence-electron chi connectivity index (χ1n) is 5.31. The molecule has 0 aliphatic heterocycles. The van der Waals surface area contributed by atoms with E-state index in [0.29, 0.717) is 11.7 Å². The molecule has 0 spiro atoms. The monoisotopic (exact) mass is 236 g/mol. The number of rotatable bonds is 4. The van der Waals surface area contributed by atoms with Gasteiger partial charge >= 0.3 is 0 Å². The zero-order valence-corrected chi connectivity index (χ0v) is 9.87. The fourth-order valence-corrected chi connectivity index (χ4v) is 1.64. The Morgan fingerprint density at radius 1 is 1.25 bits per heavy atom. The molecule has 1 aromatic carbocycles. The third-order valence-electron chi connectivity index (χ3n) is 2.33. The first-order valence-corrected chi connectivity index (χ1v) is 5.84. The average Bonchev–Trinajstić information content (AvgIpc) is 2.79. The lowest BCUT2D eigenvalue weighted by molar-refractivity contribution is 0.391. The van der Waals surface area contributed by atoms with Crippen LogP contribution in [0, 0.1) is 0 Å².